The van der Waals surface area contributed by atoms with E-state index in [-0.39, 0.29) is 11.4 Å². The molecule has 0 amide bonds. The molecular formula is C10H9FN4O3. The van der Waals surface area contributed by atoms with Crippen molar-refractivity contribution in [3.05, 3.63) is 35.9 Å². The van der Waals surface area contributed by atoms with Gasteiger partial charge in [-0.05, 0) is 6.07 Å². The third kappa shape index (κ3) is 2.78. The number of aromatic nitrogens is 3. The SMILES string of the molecule is O=C(O)c1cc(F)cnc1NCCc1ncno1. The highest BCUT2D eigenvalue weighted by Gasteiger charge is 2.12. The molecule has 0 aliphatic heterocycles. The van der Waals surface area contributed by atoms with Crippen LogP contribution in [0.1, 0.15) is 16.2 Å². The summed E-state index contributed by atoms with van der Waals surface area (Å²) in [6.45, 7) is 0.348. The summed E-state index contributed by atoms with van der Waals surface area (Å²) in [4.78, 5) is 18.4. The Morgan fingerprint density at radius 1 is 1.50 bits per heavy atom. The minimum absolute atomic E-state index is 0.100. The predicted molar refractivity (Wildman–Crippen MR) is 57.6 cm³/mol. The van der Waals surface area contributed by atoms with Gasteiger partial charge >= 0.3 is 5.97 Å². The van der Waals surface area contributed by atoms with Gasteiger partial charge in [-0.2, -0.15) is 4.98 Å². The molecule has 0 atom stereocenters. The first kappa shape index (κ1) is 12.0. The summed E-state index contributed by atoms with van der Waals surface area (Å²) in [5, 5.41) is 15.1. The number of nitrogens with zero attached hydrogens (tertiary/aromatic N) is 3. The first-order valence-electron chi connectivity index (χ1n) is 5.05. The van der Waals surface area contributed by atoms with Crippen LogP contribution in [0.2, 0.25) is 0 Å². The first-order chi connectivity index (χ1) is 8.66. The van der Waals surface area contributed by atoms with Gasteiger partial charge in [0, 0.05) is 13.0 Å². The second kappa shape index (κ2) is 5.21. The van der Waals surface area contributed by atoms with Crippen LogP contribution < -0.4 is 5.32 Å². The molecule has 0 aromatic carbocycles. The lowest BCUT2D eigenvalue weighted by molar-refractivity contribution is 0.0697. The molecule has 0 aliphatic rings. The molecule has 2 aromatic rings. The topological polar surface area (TPSA) is 101 Å². The molecule has 0 unspecified atom stereocenters. The lowest BCUT2D eigenvalue weighted by Gasteiger charge is -2.06. The summed E-state index contributed by atoms with van der Waals surface area (Å²) >= 11 is 0. The van der Waals surface area contributed by atoms with Gasteiger partial charge in [-0.15, -0.1) is 0 Å². The number of anilines is 1. The largest absolute Gasteiger partial charge is 0.478 e. The van der Waals surface area contributed by atoms with E-state index < -0.39 is 11.8 Å². The predicted octanol–water partition coefficient (Wildman–Crippen LogP) is 0.957. The maximum atomic E-state index is 12.9. The number of carbonyl (C=O) groups is 1. The summed E-state index contributed by atoms with van der Waals surface area (Å²) in [6.07, 6.45) is 2.63. The number of hydrogen-bond acceptors (Lipinski definition) is 6. The number of nitrogens with one attached hydrogen (secondary N) is 1. The summed E-state index contributed by atoms with van der Waals surface area (Å²) in [7, 11) is 0. The van der Waals surface area contributed by atoms with Gasteiger partial charge in [0.15, 0.2) is 6.33 Å². The summed E-state index contributed by atoms with van der Waals surface area (Å²) in [5.41, 5.74) is -0.222. The van der Waals surface area contributed by atoms with Gasteiger partial charge in [0.2, 0.25) is 5.89 Å². The van der Waals surface area contributed by atoms with E-state index in [4.69, 9.17) is 9.63 Å². The van der Waals surface area contributed by atoms with Crippen molar-refractivity contribution in [3.63, 3.8) is 0 Å². The van der Waals surface area contributed by atoms with Crippen molar-refractivity contribution in [2.75, 3.05) is 11.9 Å². The molecule has 2 heterocycles. The smallest absolute Gasteiger partial charge is 0.339 e. The molecule has 0 bridgehead atoms. The van der Waals surface area contributed by atoms with E-state index in [1.165, 1.54) is 6.33 Å². The highest BCUT2D eigenvalue weighted by molar-refractivity contribution is 5.93. The van der Waals surface area contributed by atoms with Crippen LogP contribution in [0.4, 0.5) is 10.2 Å². The van der Waals surface area contributed by atoms with Crippen LogP contribution in [0.15, 0.2) is 23.1 Å². The van der Waals surface area contributed by atoms with E-state index in [0.29, 0.717) is 18.9 Å². The fraction of sp³-hybridized carbons (Fsp3) is 0.200. The van der Waals surface area contributed by atoms with Gasteiger partial charge in [0.25, 0.3) is 0 Å². The Morgan fingerprint density at radius 2 is 2.33 bits per heavy atom. The molecule has 0 saturated heterocycles. The van der Waals surface area contributed by atoms with Crippen molar-refractivity contribution in [1.82, 2.24) is 15.1 Å². The van der Waals surface area contributed by atoms with Gasteiger partial charge in [-0.3, -0.25) is 0 Å². The zero-order chi connectivity index (χ0) is 13.0. The van der Waals surface area contributed by atoms with Crippen molar-refractivity contribution >= 4 is 11.8 Å². The fourth-order valence-corrected chi connectivity index (χ4v) is 1.34. The van der Waals surface area contributed by atoms with Crippen molar-refractivity contribution in [3.8, 4) is 0 Å². The Bertz CT molecular complexity index is 544. The second-order valence-corrected chi connectivity index (χ2v) is 3.37. The zero-order valence-corrected chi connectivity index (χ0v) is 9.13. The molecule has 0 radical (unpaired) electrons. The number of hydrogen-bond donors (Lipinski definition) is 2. The van der Waals surface area contributed by atoms with Crippen LogP contribution in [0.25, 0.3) is 0 Å². The van der Waals surface area contributed by atoms with Crippen molar-refractivity contribution < 1.29 is 18.8 Å². The molecule has 94 valence electrons. The Balaban J connectivity index is 2.02. The standard InChI is InChI=1S/C10H9FN4O3/c11-6-3-7(10(16)17)9(13-4-6)12-2-1-8-14-5-15-18-8/h3-5H,1-2H2,(H,12,13)(H,16,17). The number of halogens is 1. The Kier molecular flexibility index (Phi) is 3.46. The minimum atomic E-state index is -1.25. The Hall–Kier alpha value is -2.51. The molecule has 8 heteroatoms. The van der Waals surface area contributed by atoms with Crippen LogP contribution in [-0.4, -0.2) is 32.7 Å². The molecular weight excluding hydrogens is 243 g/mol. The molecule has 7 nitrogen and oxygen atoms in total. The summed E-state index contributed by atoms with van der Waals surface area (Å²) in [5.74, 6) is -1.43. The molecule has 18 heavy (non-hydrogen) atoms. The van der Waals surface area contributed by atoms with Gasteiger partial charge in [-0.25, -0.2) is 14.2 Å². The zero-order valence-electron chi connectivity index (χ0n) is 9.13. The highest BCUT2D eigenvalue weighted by Crippen LogP contribution is 2.13. The maximum absolute atomic E-state index is 12.9. The quantitative estimate of drug-likeness (QED) is 0.816. The van der Waals surface area contributed by atoms with E-state index in [2.05, 4.69) is 20.4 Å². The molecule has 2 N–H and O–H groups in total. The van der Waals surface area contributed by atoms with Crippen LogP contribution in [0, 0.1) is 5.82 Å². The maximum Gasteiger partial charge on any atom is 0.339 e. The third-order valence-electron chi connectivity index (χ3n) is 2.12. The number of carboxylic acids is 1. The van der Waals surface area contributed by atoms with Gasteiger partial charge < -0.3 is 14.9 Å². The van der Waals surface area contributed by atoms with Crippen LogP contribution >= 0.6 is 0 Å². The summed E-state index contributed by atoms with van der Waals surface area (Å²) in [6, 6.07) is 0.907. The fourth-order valence-electron chi connectivity index (χ4n) is 1.34. The molecule has 2 aromatic heterocycles. The van der Waals surface area contributed by atoms with Crippen LogP contribution in [-0.2, 0) is 6.42 Å². The van der Waals surface area contributed by atoms with Gasteiger partial charge in [0.05, 0.1) is 6.20 Å². The molecule has 0 saturated carbocycles. The van der Waals surface area contributed by atoms with Crippen molar-refractivity contribution in [2.24, 2.45) is 0 Å². The Morgan fingerprint density at radius 3 is 3.00 bits per heavy atom. The van der Waals surface area contributed by atoms with E-state index in [1.54, 1.807) is 0 Å². The first-order valence-corrected chi connectivity index (χ1v) is 5.05. The highest BCUT2D eigenvalue weighted by atomic mass is 19.1. The van der Waals surface area contributed by atoms with Gasteiger partial charge in [-0.1, -0.05) is 5.16 Å². The van der Waals surface area contributed by atoms with Crippen LogP contribution in [0.3, 0.4) is 0 Å². The van der Waals surface area contributed by atoms with Gasteiger partial charge in [0.1, 0.15) is 17.2 Å². The number of pyridine rings is 1. The Labute approximate surface area is 101 Å². The van der Waals surface area contributed by atoms with Crippen molar-refractivity contribution in [2.45, 2.75) is 6.42 Å². The minimum Gasteiger partial charge on any atom is -0.478 e. The van der Waals surface area contributed by atoms with E-state index in [0.717, 1.165) is 12.3 Å². The van der Waals surface area contributed by atoms with Crippen molar-refractivity contribution in [1.29, 1.82) is 0 Å². The summed E-state index contributed by atoms with van der Waals surface area (Å²) < 4.78 is 17.6. The molecule has 0 spiro atoms. The molecule has 0 aliphatic carbocycles. The average molecular weight is 252 g/mol. The number of aromatic carboxylic acids is 1. The number of carboxylic acid groups (broad SMARTS) is 1. The molecule has 2 rings (SSSR count). The van der Waals surface area contributed by atoms with E-state index >= 15 is 0 Å². The third-order valence-corrected chi connectivity index (χ3v) is 2.12. The monoisotopic (exact) mass is 252 g/mol. The molecule has 0 fully saturated rings. The van der Waals surface area contributed by atoms with E-state index in [1.807, 2.05) is 0 Å². The van der Waals surface area contributed by atoms with E-state index in [9.17, 15) is 9.18 Å². The average Bonchev–Trinajstić information content (AvgIpc) is 2.84. The normalized spacial score (nSPS) is 10.3. The lowest BCUT2D eigenvalue weighted by atomic mass is 10.2. The number of rotatable bonds is 5. The lowest BCUT2D eigenvalue weighted by Crippen LogP contribution is -2.11. The second-order valence-electron chi connectivity index (χ2n) is 3.37. The van der Waals surface area contributed by atoms with Crippen LogP contribution in [0.5, 0.6) is 0 Å².